The normalized spacial score (nSPS) is 18.6. The summed E-state index contributed by atoms with van der Waals surface area (Å²) in [6.07, 6.45) is 0. The Hall–Kier alpha value is -1.75. The molecular formula is C11H10ClNO4. The first-order valence-corrected chi connectivity index (χ1v) is 5.31. The van der Waals surface area contributed by atoms with Crippen LogP contribution >= 0.6 is 11.6 Å². The van der Waals surface area contributed by atoms with Crippen molar-refractivity contribution in [3.8, 4) is 5.75 Å². The minimum absolute atomic E-state index is 0.00463. The molecular weight excluding hydrogens is 246 g/mol. The fourth-order valence-corrected chi connectivity index (χ4v) is 1.95. The van der Waals surface area contributed by atoms with Gasteiger partial charge in [0.15, 0.2) is 5.75 Å². The van der Waals surface area contributed by atoms with E-state index in [1.807, 2.05) is 0 Å². The Kier molecular flexibility index (Phi) is 2.71. The summed E-state index contributed by atoms with van der Waals surface area (Å²) in [6, 6.07) is 3.16. The number of rotatable bonds is 1. The highest BCUT2D eigenvalue weighted by atomic mass is 35.5. The van der Waals surface area contributed by atoms with Gasteiger partial charge >= 0.3 is 5.97 Å². The molecule has 1 aromatic carbocycles. The molecule has 1 aliphatic rings. The molecule has 1 amide bonds. The smallest absolute Gasteiger partial charge is 0.339 e. The van der Waals surface area contributed by atoms with Crippen molar-refractivity contribution < 1.29 is 19.4 Å². The van der Waals surface area contributed by atoms with Gasteiger partial charge in [-0.15, -0.1) is 0 Å². The highest BCUT2D eigenvalue weighted by Crippen LogP contribution is 2.38. The van der Waals surface area contributed by atoms with Gasteiger partial charge in [0.05, 0.1) is 5.69 Å². The maximum absolute atomic E-state index is 11.6. The maximum atomic E-state index is 11.6. The molecule has 0 radical (unpaired) electrons. The summed E-state index contributed by atoms with van der Waals surface area (Å²) in [6.45, 7) is 1.75. The highest BCUT2D eigenvalue weighted by molar-refractivity contribution is 6.32. The quantitative estimate of drug-likeness (QED) is 0.775. The fourth-order valence-electron chi connectivity index (χ4n) is 1.71. The number of nitrogens with zero attached hydrogens (tertiary/aromatic N) is 1. The van der Waals surface area contributed by atoms with E-state index in [-0.39, 0.29) is 11.3 Å². The lowest BCUT2D eigenvalue weighted by molar-refractivity contribution is -0.122. The molecule has 0 saturated heterocycles. The Balaban J connectivity index is 2.66. The molecule has 0 bridgehead atoms. The second kappa shape index (κ2) is 3.92. The zero-order valence-corrected chi connectivity index (χ0v) is 9.99. The number of likely N-dealkylation sites (N-methyl/N-ethyl adjacent to an activating group) is 1. The SMILES string of the molecule is Cc1cc(C(=O)O)c2c(c1)N(C)C(=O)C(Cl)O2. The van der Waals surface area contributed by atoms with Crippen LogP contribution in [0.2, 0.25) is 0 Å². The summed E-state index contributed by atoms with van der Waals surface area (Å²) in [7, 11) is 1.53. The Morgan fingerprint density at radius 1 is 1.53 bits per heavy atom. The van der Waals surface area contributed by atoms with Crippen molar-refractivity contribution in [2.24, 2.45) is 0 Å². The first-order chi connectivity index (χ1) is 7.91. The molecule has 17 heavy (non-hydrogen) atoms. The Morgan fingerprint density at radius 2 is 2.18 bits per heavy atom. The van der Waals surface area contributed by atoms with E-state index >= 15 is 0 Å². The Morgan fingerprint density at radius 3 is 2.76 bits per heavy atom. The van der Waals surface area contributed by atoms with Gasteiger partial charge in [-0.05, 0) is 24.6 Å². The van der Waals surface area contributed by atoms with Crippen molar-refractivity contribution in [1.82, 2.24) is 0 Å². The van der Waals surface area contributed by atoms with Crippen molar-refractivity contribution >= 4 is 29.2 Å². The molecule has 1 heterocycles. The molecule has 6 heteroatoms. The van der Waals surface area contributed by atoms with Crippen LogP contribution in [0.4, 0.5) is 5.69 Å². The number of benzene rings is 1. The Labute approximate surface area is 103 Å². The highest BCUT2D eigenvalue weighted by Gasteiger charge is 2.33. The van der Waals surface area contributed by atoms with Crippen molar-refractivity contribution in [2.45, 2.75) is 12.5 Å². The number of carbonyl (C=O) groups is 2. The molecule has 5 nitrogen and oxygen atoms in total. The number of alkyl halides is 1. The first-order valence-electron chi connectivity index (χ1n) is 4.88. The zero-order valence-electron chi connectivity index (χ0n) is 9.23. The van der Waals surface area contributed by atoms with Crippen molar-refractivity contribution in [3.05, 3.63) is 23.3 Å². The third kappa shape index (κ3) is 1.82. The van der Waals surface area contributed by atoms with Crippen LogP contribution in [0, 0.1) is 6.92 Å². The van der Waals surface area contributed by atoms with E-state index in [1.165, 1.54) is 18.0 Å². The third-order valence-electron chi connectivity index (χ3n) is 2.55. The molecule has 0 fully saturated rings. The number of anilines is 1. The number of ether oxygens (including phenoxy) is 1. The van der Waals surface area contributed by atoms with Crippen molar-refractivity contribution in [2.75, 3.05) is 11.9 Å². The summed E-state index contributed by atoms with van der Waals surface area (Å²) in [4.78, 5) is 24.0. The van der Waals surface area contributed by atoms with E-state index in [4.69, 9.17) is 21.4 Å². The molecule has 0 spiro atoms. The molecule has 1 atom stereocenters. The molecule has 2 rings (SSSR count). The number of aryl methyl sites for hydroxylation is 1. The molecule has 1 aromatic rings. The average molecular weight is 256 g/mol. The van der Waals surface area contributed by atoms with Crippen molar-refractivity contribution in [1.29, 1.82) is 0 Å². The molecule has 1 N–H and O–H groups in total. The van der Waals surface area contributed by atoms with Gasteiger partial charge < -0.3 is 14.7 Å². The van der Waals surface area contributed by atoms with Gasteiger partial charge in [-0.1, -0.05) is 11.6 Å². The molecule has 0 aliphatic carbocycles. The lowest BCUT2D eigenvalue weighted by Crippen LogP contribution is -2.41. The van der Waals surface area contributed by atoms with Gasteiger partial charge in [0.1, 0.15) is 5.56 Å². The van der Waals surface area contributed by atoms with Gasteiger partial charge in [0.25, 0.3) is 11.5 Å². The van der Waals surface area contributed by atoms with Crippen LogP contribution in [-0.4, -0.2) is 29.6 Å². The number of fused-ring (bicyclic) bond motifs is 1. The average Bonchev–Trinajstić information content (AvgIpc) is 2.26. The number of carboxylic acid groups (broad SMARTS) is 1. The van der Waals surface area contributed by atoms with Gasteiger partial charge in [-0.25, -0.2) is 4.79 Å². The van der Waals surface area contributed by atoms with Crippen LogP contribution in [0.3, 0.4) is 0 Å². The summed E-state index contributed by atoms with van der Waals surface area (Å²) >= 11 is 5.70. The van der Waals surface area contributed by atoms with Gasteiger partial charge in [-0.3, -0.25) is 4.79 Å². The largest absolute Gasteiger partial charge is 0.478 e. The lowest BCUT2D eigenvalue weighted by Gasteiger charge is -2.30. The molecule has 0 aromatic heterocycles. The second-order valence-corrected chi connectivity index (χ2v) is 4.19. The minimum Gasteiger partial charge on any atom is -0.478 e. The third-order valence-corrected chi connectivity index (χ3v) is 2.83. The monoisotopic (exact) mass is 255 g/mol. The standard InChI is InChI=1S/C11H10ClNO4/c1-5-3-6(11(15)16)8-7(4-5)13(2)10(14)9(12)17-8/h3-4,9H,1-2H3,(H,15,16). The van der Waals surface area contributed by atoms with E-state index in [9.17, 15) is 9.59 Å². The van der Waals surface area contributed by atoms with Crippen molar-refractivity contribution in [3.63, 3.8) is 0 Å². The van der Waals surface area contributed by atoms with E-state index in [2.05, 4.69) is 0 Å². The predicted molar refractivity (Wildman–Crippen MR) is 61.8 cm³/mol. The lowest BCUT2D eigenvalue weighted by atomic mass is 10.1. The summed E-state index contributed by atoms with van der Waals surface area (Å²) in [5.74, 6) is -1.40. The van der Waals surface area contributed by atoms with Crippen LogP contribution in [0.5, 0.6) is 5.75 Å². The predicted octanol–water partition coefficient (Wildman–Crippen LogP) is 1.61. The molecule has 0 saturated carbocycles. The number of carboxylic acids is 1. The number of halogens is 1. The number of amides is 1. The summed E-state index contributed by atoms with van der Waals surface area (Å²) in [5.41, 5.74) is -0.0278. The second-order valence-electron chi connectivity index (χ2n) is 3.80. The number of hydrogen-bond acceptors (Lipinski definition) is 3. The van der Waals surface area contributed by atoms with Crippen LogP contribution < -0.4 is 9.64 Å². The number of hydrogen-bond donors (Lipinski definition) is 1. The first kappa shape index (κ1) is 11.7. The van der Waals surface area contributed by atoms with Crippen LogP contribution in [-0.2, 0) is 4.79 Å². The summed E-state index contributed by atoms with van der Waals surface area (Å²) in [5, 5.41) is 9.08. The molecule has 1 unspecified atom stereocenters. The molecule has 90 valence electrons. The Bertz CT molecular complexity index is 514. The fraction of sp³-hybridized carbons (Fsp3) is 0.273. The van der Waals surface area contributed by atoms with E-state index < -0.39 is 17.4 Å². The van der Waals surface area contributed by atoms with E-state index in [0.717, 1.165) is 5.56 Å². The van der Waals surface area contributed by atoms with E-state index in [0.29, 0.717) is 5.69 Å². The number of carbonyl (C=O) groups excluding carboxylic acids is 1. The van der Waals surface area contributed by atoms with Gasteiger partial charge in [0, 0.05) is 7.05 Å². The molecule has 1 aliphatic heterocycles. The zero-order chi connectivity index (χ0) is 12.7. The van der Waals surface area contributed by atoms with E-state index in [1.54, 1.807) is 13.0 Å². The summed E-state index contributed by atoms with van der Waals surface area (Å²) < 4.78 is 5.16. The minimum atomic E-state index is -1.19. The van der Waals surface area contributed by atoms with Crippen LogP contribution in [0.1, 0.15) is 15.9 Å². The van der Waals surface area contributed by atoms with Crippen LogP contribution in [0.15, 0.2) is 12.1 Å². The van der Waals surface area contributed by atoms with Gasteiger partial charge in [0.2, 0.25) is 0 Å². The maximum Gasteiger partial charge on any atom is 0.339 e. The van der Waals surface area contributed by atoms with Gasteiger partial charge in [-0.2, -0.15) is 0 Å². The topological polar surface area (TPSA) is 66.8 Å². The number of aromatic carboxylic acids is 1. The van der Waals surface area contributed by atoms with Crippen LogP contribution in [0.25, 0.3) is 0 Å².